The number of carbonyl (C=O) groups excluding carboxylic acids is 3. The molecule has 2 amide bonds. The Hall–Kier alpha value is -3.05. The summed E-state index contributed by atoms with van der Waals surface area (Å²) in [5.74, 6) is -4.38. The molecule has 0 fully saturated rings. The summed E-state index contributed by atoms with van der Waals surface area (Å²) in [6.45, 7) is 8.47. The van der Waals surface area contributed by atoms with Crippen molar-refractivity contribution in [1.29, 1.82) is 0 Å². The van der Waals surface area contributed by atoms with Crippen LogP contribution in [0, 0.1) is 5.92 Å². The highest BCUT2D eigenvalue weighted by molar-refractivity contribution is 7.57. The second-order valence-electron chi connectivity index (χ2n) is 9.51. The van der Waals surface area contributed by atoms with Gasteiger partial charge in [0.2, 0.25) is 5.91 Å². The van der Waals surface area contributed by atoms with Crippen LogP contribution < -0.4 is 10.6 Å². The summed E-state index contributed by atoms with van der Waals surface area (Å²) in [6.07, 6.45) is -1.61. The molecular weight excluding hydrogens is 570 g/mol. The lowest BCUT2D eigenvalue weighted by atomic mass is 10.0. The predicted octanol–water partition coefficient (Wildman–Crippen LogP) is 2.65. The van der Waals surface area contributed by atoms with Crippen LogP contribution in [0.3, 0.4) is 0 Å². The van der Waals surface area contributed by atoms with Gasteiger partial charge < -0.3 is 34.6 Å². The fourth-order valence-corrected chi connectivity index (χ4v) is 3.47. The number of aliphatic carboxylic acids is 2. The largest absolute Gasteiger partial charge is 0.481 e. The van der Waals surface area contributed by atoms with Gasteiger partial charge in [0.1, 0.15) is 31.9 Å². The number of rotatable bonds is 15. The Kier molecular flexibility index (Phi) is 16.3. The van der Waals surface area contributed by atoms with Crippen molar-refractivity contribution in [3.63, 3.8) is 0 Å². The van der Waals surface area contributed by atoms with Gasteiger partial charge in [-0.1, -0.05) is 44.2 Å². The third kappa shape index (κ3) is 19.1. The third-order valence-corrected chi connectivity index (χ3v) is 6.00. The van der Waals surface area contributed by atoms with Gasteiger partial charge in [0, 0.05) is 26.7 Å². The Labute approximate surface area is 233 Å². The van der Waals surface area contributed by atoms with Crippen LogP contribution in [0.4, 0.5) is 4.79 Å². The third-order valence-electron chi connectivity index (χ3n) is 4.50. The number of ketones is 1. The minimum Gasteiger partial charge on any atom is -0.481 e. The van der Waals surface area contributed by atoms with Crippen molar-refractivity contribution in [2.45, 2.75) is 39.0 Å². The zero-order chi connectivity index (χ0) is 31.1. The van der Waals surface area contributed by atoms with Gasteiger partial charge in [-0.2, -0.15) is 0 Å². The van der Waals surface area contributed by atoms with E-state index in [2.05, 4.69) is 10.6 Å². The maximum atomic E-state index is 12.3. The molecule has 0 aliphatic rings. The van der Waals surface area contributed by atoms with Gasteiger partial charge in [0.25, 0.3) is 0 Å². The first-order valence-electron chi connectivity index (χ1n) is 11.9. The number of Topliss-reactive ketones (excluding diaryl/α,β-unsaturated/α-hetero) is 1. The highest BCUT2D eigenvalue weighted by Crippen LogP contribution is 2.38. The van der Waals surface area contributed by atoms with Gasteiger partial charge in [-0.25, -0.2) is 9.59 Å². The number of hydrogen-bond acceptors (Lipinski definition) is 10. The second-order valence-corrected chi connectivity index (χ2v) is 15.0. The minimum absolute atomic E-state index is 0.00979. The number of carboxylic acids is 2. The van der Waals surface area contributed by atoms with Crippen molar-refractivity contribution in [3.8, 4) is 0 Å². The van der Waals surface area contributed by atoms with E-state index in [1.807, 2.05) is 6.07 Å². The van der Waals surface area contributed by atoms with E-state index in [1.165, 1.54) is 26.7 Å². The molecule has 1 rings (SSSR count). The molecule has 1 aromatic rings. The Bertz CT molecular complexity index is 1070. The normalized spacial score (nSPS) is 12.8. The molecule has 0 saturated carbocycles. The van der Waals surface area contributed by atoms with Crippen LogP contribution in [-0.2, 0) is 48.7 Å². The second kappa shape index (κ2) is 17.6. The maximum Gasteiger partial charge on any atom is 0.408 e. The lowest BCUT2D eigenvalue weighted by Gasteiger charge is -2.23. The molecule has 2 atom stereocenters. The van der Waals surface area contributed by atoms with Gasteiger partial charge in [0.15, 0.2) is 20.5 Å². The summed E-state index contributed by atoms with van der Waals surface area (Å²) < 4.78 is 36.7. The number of carbonyl (C=O) groups is 5. The number of nitrogens with one attached hydrogen (secondary N) is 2. The van der Waals surface area contributed by atoms with Gasteiger partial charge in [-0.3, -0.25) is 23.5 Å². The van der Waals surface area contributed by atoms with Gasteiger partial charge >= 0.3 is 18.0 Å². The van der Waals surface area contributed by atoms with Crippen LogP contribution in [-0.4, -0.2) is 91.9 Å². The summed E-state index contributed by atoms with van der Waals surface area (Å²) in [6, 6.07) is 6.26. The van der Waals surface area contributed by atoms with Crippen molar-refractivity contribution in [2.24, 2.45) is 5.92 Å². The number of alkyl carbamates (subject to hydrolysis) is 1. The predicted molar refractivity (Wildman–Crippen MR) is 146 cm³/mol. The van der Waals surface area contributed by atoms with Gasteiger partial charge in [-0.15, -0.1) is 0 Å². The van der Waals surface area contributed by atoms with E-state index >= 15 is 0 Å². The molecule has 0 unspecified atom stereocenters. The number of amides is 2. The Morgan fingerprint density at radius 1 is 0.850 bits per heavy atom. The molecule has 226 valence electrons. The van der Waals surface area contributed by atoms with Crippen molar-refractivity contribution in [2.75, 3.05) is 39.9 Å². The van der Waals surface area contributed by atoms with E-state index in [0.717, 1.165) is 5.56 Å². The molecule has 0 heterocycles. The molecule has 0 saturated heterocycles. The number of ether oxygens (including phenoxy) is 1. The molecule has 14 nitrogen and oxygen atoms in total. The highest BCUT2D eigenvalue weighted by Gasteiger charge is 2.30. The molecule has 40 heavy (non-hydrogen) atoms. The average Bonchev–Trinajstić information content (AvgIpc) is 2.82. The summed E-state index contributed by atoms with van der Waals surface area (Å²) in [4.78, 5) is 57.0. The van der Waals surface area contributed by atoms with Gasteiger partial charge in [-0.05, 0) is 11.5 Å². The van der Waals surface area contributed by atoms with Crippen LogP contribution in [0.2, 0.25) is 0 Å². The fraction of sp³-hybridized carbons (Fsp3) is 0.542. The summed E-state index contributed by atoms with van der Waals surface area (Å²) >= 11 is 0. The van der Waals surface area contributed by atoms with E-state index in [4.69, 9.17) is 24.0 Å². The highest BCUT2D eigenvalue weighted by atomic mass is 31.2. The Morgan fingerprint density at radius 2 is 1.35 bits per heavy atom. The molecular formula is C24H38N2O12P2. The first-order chi connectivity index (χ1) is 18.3. The summed E-state index contributed by atoms with van der Waals surface area (Å²) in [5, 5.41) is 22.2. The van der Waals surface area contributed by atoms with Crippen LogP contribution in [0.25, 0.3) is 0 Å². The van der Waals surface area contributed by atoms with Crippen LogP contribution >= 0.6 is 14.7 Å². The number of hydrogen-bond donors (Lipinski definition) is 4. The van der Waals surface area contributed by atoms with Crippen LogP contribution in [0.15, 0.2) is 30.3 Å². The van der Waals surface area contributed by atoms with Crippen molar-refractivity contribution in [3.05, 3.63) is 35.9 Å². The van der Waals surface area contributed by atoms with Crippen molar-refractivity contribution < 1.29 is 57.1 Å². The van der Waals surface area contributed by atoms with Crippen molar-refractivity contribution >= 4 is 44.5 Å². The molecule has 0 aliphatic heterocycles. The lowest BCUT2D eigenvalue weighted by Crippen LogP contribution is -2.54. The molecule has 0 aliphatic carbocycles. The Balaban J connectivity index is 0.000000919. The average molecular weight is 609 g/mol. The standard InChI is InChI=1S/C17H22N2O7.C7H16O5P2/c1-10(2)14(15(22)18-12(16(23)24)8-13(20)21)19-17(25)26-9-11-6-4-3-5-7-11;1-13(2,9)11-5-7(8)6-12-14(3,4)10/h3-7,10,12,14H,8-9H2,1-2H3,(H,18,22)(H,19,25)(H,20,21)(H,23,24);5-6H2,1-4H3/t12-,14-;/m0./s1. The topological polar surface area (TPSA) is 212 Å². The van der Waals surface area contributed by atoms with Crippen LogP contribution in [0.5, 0.6) is 0 Å². The van der Waals surface area contributed by atoms with Crippen molar-refractivity contribution in [1.82, 2.24) is 10.6 Å². The SMILES string of the molecule is CC(C)[C@H](NC(=O)OCc1ccccc1)C(=O)N[C@@H](CC(=O)O)C(=O)O.CP(C)(=O)OCC(=O)COP(C)(C)=O. The molecule has 0 radical (unpaired) electrons. The molecule has 4 N–H and O–H groups in total. The molecule has 0 spiro atoms. The van der Waals surface area contributed by atoms with E-state index < -0.39 is 57.2 Å². The zero-order valence-corrected chi connectivity index (χ0v) is 25.1. The van der Waals surface area contributed by atoms with E-state index in [-0.39, 0.29) is 31.5 Å². The quantitative estimate of drug-likeness (QED) is 0.212. The van der Waals surface area contributed by atoms with E-state index in [9.17, 15) is 33.1 Å². The summed E-state index contributed by atoms with van der Waals surface area (Å²) in [7, 11) is -5.26. The first-order valence-corrected chi connectivity index (χ1v) is 17.0. The first kappa shape index (κ1) is 37.0. The van der Waals surface area contributed by atoms with Crippen LogP contribution in [0.1, 0.15) is 25.8 Å². The number of benzene rings is 1. The monoisotopic (exact) mass is 608 g/mol. The van der Waals surface area contributed by atoms with E-state index in [1.54, 1.807) is 38.1 Å². The zero-order valence-electron chi connectivity index (χ0n) is 23.3. The molecule has 1 aromatic carbocycles. The maximum absolute atomic E-state index is 12.3. The van der Waals surface area contributed by atoms with E-state index in [0.29, 0.717) is 0 Å². The Morgan fingerprint density at radius 3 is 1.75 bits per heavy atom. The molecule has 16 heteroatoms. The number of carboxylic acid groups (broad SMARTS) is 2. The fourth-order valence-electron chi connectivity index (χ4n) is 2.56. The smallest absolute Gasteiger partial charge is 0.408 e. The summed E-state index contributed by atoms with van der Waals surface area (Å²) in [5.41, 5.74) is 0.764. The molecule has 0 aromatic heterocycles. The lowest BCUT2D eigenvalue weighted by molar-refractivity contribution is -0.147. The minimum atomic E-state index is -2.63. The van der Waals surface area contributed by atoms with Gasteiger partial charge in [0.05, 0.1) is 6.42 Å². The molecule has 0 bridgehead atoms.